The Balaban J connectivity index is 2.01. The molecule has 5 nitrogen and oxygen atoms in total. The number of pyridine rings is 1. The number of hydrogen-bond donors (Lipinski definition) is 1. The average molecular weight is 353 g/mol. The van der Waals surface area contributed by atoms with Crippen molar-refractivity contribution in [3.8, 4) is 0 Å². The first kappa shape index (κ1) is 16.1. The van der Waals surface area contributed by atoms with Crippen LogP contribution in [0.25, 0.3) is 0 Å². The number of nitrogens with zero attached hydrogens (tertiary/aromatic N) is 4. The van der Waals surface area contributed by atoms with E-state index < -0.39 is 6.10 Å². The van der Waals surface area contributed by atoms with Crippen LogP contribution in [0.4, 0.5) is 0 Å². The molecule has 0 saturated heterocycles. The minimum Gasteiger partial charge on any atom is -0.387 e. The summed E-state index contributed by atoms with van der Waals surface area (Å²) in [6.07, 6.45) is 6.25. The van der Waals surface area contributed by atoms with Crippen molar-refractivity contribution >= 4 is 15.9 Å². The summed E-state index contributed by atoms with van der Waals surface area (Å²) < 4.78 is 2.74. The van der Waals surface area contributed by atoms with Gasteiger partial charge >= 0.3 is 0 Å². The Morgan fingerprint density at radius 3 is 2.71 bits per heavy atom. The van der Waals surface area contributed by atoms with Gasteiger partial charge in [0, 0.05) is 18.9 Å². The van der Waals surface area contributed by atoms with Gasteiger partial charge in [-0.3, -0.25) is 9.67 Å². The highest BCUT2D eigenvalue weighted by Crippen LogP contribution is 2.26. The van der Waals surface area contributed by atoms with Crippen LogP contribution in [0.1, 0.15) is 23.8 Å². The fourth-order valence-corrected chi connectivity index (χ4v) is 2.73. The molecule has 0 aromatic carbocycles. The number of likely N-dealkylation sites (N-methyl/N-ethyl adjacent to an activating group) is 1. The molecule has 2 aromatic heterocycles. The summed E-state index contributed by atoms with van der Waals surface area (Å²) >= 11 is 3.48. The lowest BCUT2D eigenvalue weighted by molar-refractivity contribution is 0.154. The summed E-state index contributed by atoms with van der Waals surface area (Å²) in [5.41, 5.74) is 2.03. The molecule has 0 radical (unpaired) electrons. The molecule has 0 bridgehead atoms. The van der Waals surface area contributed by atoms with E-state index in [4.69, 9.17) is 0 Å². The molecule has 0 aliphatic heterocycles. The van der Waals surface area contributed by atoms with Gasteiger partial charge in [-0.05, 0) is 60.6 Å². The van der Waals surface area contributed by atoms with Crippen LogP contribution in [0.15, 0.2) is 35.2 Å². The summed E-state index contributed by atoms with van der Waals surface area (Å²) in [6.45, 7) is 1.65. The first-order chi connectivity index (χ1) is 10.1. The Kier molecular flexibility index (Phi) is 5.90. The van der Waals surface area contributed by atoms with Crippen molar-refractivity contribution in [3.05, 3.63) is 46.5 Å². The zero-order chi connectivity index (χ0) is 15.2. The van der Waals surface area contributed by atoms with E-state index >= 15 is 0 Å². The third kappa shape index (κ3) is 4.62. The van der Waals surface area contributed by atoms with E-state index in [1.54, 1.807) is 18.6 Å². The number of halogens is 1. The number of hydrogen-bond acceptors (Lipinski definition) is 4. The smallest absolute Gasteiger partial charge is 0.0971 e. The fraction of sp³-hybridized carbons (Fsp3) is 0.467. The molecule has 0 fully saturated rings. The van der Waals surface area contributed by atoms with Gasteiger partial charge in [0.05, 0.1) is 29.0 Å². The molecule has 2 aromatic rings. The molecule has 2 rings (SSSR count). The van der Waals surface area contributed by atoms with Gasteiger partial charge in [-0.25, -0.2) is 0 Å². The predicted molar refractivity (Wildman–Crippen MR) is 86.0 cm³/mol. The Morgan fingerprint density at radius 2 is 2.05 bits per heavy atom. The molecule has 0 amide bonds. The highest BCUT2D eigenvalue weighted by molar-refractivity contribution is 9.10. The Labute approximate surface area is 133 Å². The number of aryl methyl sites for hydroxylation is 1. The molecule has 0 saturated carbocycles. The van der Waals surface area contributed by atoms with Crippen molar-refractivity contribution in [3.63, 3.8) is 0 Å². The molecule has 2 heterocycles. The maximum absolute atomic E-state index is 10.5. The fourth-order valence-electron chi connectivity index (χ4n) is 2.17. The van der Waals surface area contributed by atoms with Crippen molar-refractivity contribution in [1.29, 1.82) is 0 Å². The number of aliphatic hydroxyl groups excluding tert-OH is 1. The van der Waals surface area contributed by atoms with E-state index in [0.717, 1.165) is 29.7 Å². The number of rotatable bonds is 7. The molecule has 114 valence electrons. The summed E-state index contributed by atoms with van der Waals surface area (Å²) in [5.74, 6) is 0. The number of aromatic nitrogens is 3. The highest BCUT2D eigenvalue weighted by atomic mass is 79.9. The standard InChI is InChI=1S/C15H21BrN4O/c1-19(2)9-10-20-15(13(16)11-18-20)14(21)4-3-12-5-7-17-8-6-12/h5-8,11,14,21H,3-4,9-10H2,1-2H3. The summed E-state index contributed by atoms with van der Waals surface area (Å²) in [7, 11) is 4.05. The lowest BCUT2D eigenvalue weighted by Gasteiger charge is -2.16. The predicted octanol–water partition coefficient (Wildman–Crippen LogP) is 2.27. The molecular formula is C15H21BrN4O. The van der Waals surface area contributed by atoms with Gasteiger partial charge in [0.2, 0.25) is 0 Å². The lowest BCUT2D eigenvalue weighted by atomic mass is 10.1. The molecule has 1 N–H and O–H groups in total. The molecule has 21 heavy (non-hydrogen) atoms. The van der Waals surface area contributed by atoms with Gasteiger partial charge < -0.3 is 10.0 Å². The van der Waals surface area contributed by atoms with Crippen LogP contribution in [0.5, 0.6) is 0 Å². The molecule has 6 heteroatoms. The second kappa shape index (κ2) is 7.68. The minimum absolute atomic E-state index is 0.530. The minimum atomic E-state index is -0.530. The van der Waals surface area contributed by atoms with Crippen molar-refractivity contribution < 1.29 is 5.11 Å². The molecule has 0 spiro atoms. The van der Waals surface area contributed by atoms with Gasteiger partial charge in [0.1, 0.15) is 0 Å². The van der Waals surface area contributed by atoms with E-state index in [0.29, 0.717) is 6.42 Å². The Morgan fingerprint density at radius 1 is 1.33 bits per heavy atom. The van der Waals surface area contributed by atoms with E-state index in [2.05, 4.69) is 30.9 Å². The van der Waals surface area contributed by atoms with Crippen LogP contribution >= 0.6 is 15.9 Å². The monoisotopic (exact) mass is 352 g/mol. The zero-order valence-electron chi connectivity index (χ0n) is 12.4. The third-order valence-electron chi connectivity index (χ3n) is 3.36. The lowest BCUT2D eigenvalue weighted by Crippen LogP contribution is -2.21. The first-order valence-electron chi connectivity index (χ1n) is 7.01. The van der Waals surface area contributed by atoms with Crippen molar-refractivity contribution in [2.45, 2.75) is 25.5 Å². The average Bonchev–Trinajstić information content (AvgIpc) is 2.85. The molecule has 1 unspecified atom stereocenters. The van der Waals surface area contributed by atoms with E-state index in [1.165, 1.54) is 5.56 Å². The van der Waals surface area contributed by atoms with Crippen LogP contribution in [-0.2, 0) is 13.0 Å². The van der Waals surface area contributed by atoms with Gasteiger partial charge in [-0.15, -0.1) is 0 Å². The Bertz CT molecular complexity index is 556. The summed E-state index contributed by atoms with van der Waals surface area (Å²) in [6, 6.07) is 3.95. The topological polar surface area (TPSA) is 54.2 Å². The van der Waals surface area contributed by atoms with Crippen LogP contribution < -0.4 is 0 Å². The van der Waals surface area contributed by atoms with Gasteiger partial charge in [0.15, 0.2) is 0 Å². The Hall–Kier alpha value is -1.24. The van der Waals surface area contributed by atoms with Crippen LogP contribution in [-0.4, -0.2) is 45.4 Å². The van der Waals surface area contributed by atoms with Gasteiger partial charge in [-0.1, -0.05) is 0 Å². The van der Waals surface area contributed by atoms with Crippen LogP contribution in [0.2, 0.25) is 0 Å². The zero-order valence-corrected chi connectivity index (χ0v) is 14.0. The first-order valence-corrected chi connectivity index (χ1v) is 7.80. The van der Waals surface area contributed by atoms with Crippen LogP contribution in [0, 0.1) is 0 Å². The second-order valence-corrected chi connectivity index (χ2v) is 6.17. The van der Waals surface area contributed by atoms with Crippen molar-refractivity contribution in [2.75, 3.05) is 20.6 Å². The molecule has 0 aliphatic carbocycles. The molecule has 0 aliphatic rings. The van der Waals surface area contributed by atoms with Gasteiger partial charge in [-0.2, -0.15) is 5.10 Å². The quantitative estimate of drug-likeness (QED) is 0.830. The van der Waals surface area contributed by atoms with E-state index in [1.807, 2.05) is 30.9 Å². The number of aliphatic hydroxyl groups is 1. The SMILES string of the molecule is CN(C)CCn1ncc(Br)c1C(O)CCc1ccncc1. The van der Waals surface area contributed by atoms with Crippen LogP contribution in [0.3, 0.4) is 0 Å². The maximum Gasteiger partial charge on any atom is 0.0971 e. The largest absolute Gasteiger partial charge is 0.387 e. The normalized spacial score (nSPS) is 12.8. The van der Waals surface area contributed by atoms with E-state index in [9.17, 15) is 5.11 Å². The summed E-state index contributed by atoms with van der Waals surface area (Å²) in [4.78, 5) is 6.10. The van der Waals surface area contributed by atoms with Gasteiger partial charge in [0.25, 0.3) is 0 Å². The second-order valence-electron chi connectivity index (χ2n) is 5.31. The maximum atomic E-state index is 10.5. The molecular weight excluding hydrogens is 332 g/mol. The van der Waals surface area contributed by atoms with Crippen molar-refractivity contribution in [2.24, 2.45) is 0 Å². The van der Waals surface area contributed by atoms with Crippen molar-refractivity contribution in [1.82, 2.24) is 19.7 Å². The third-order valence-corrected chi connectivity index (χ3v) is 3.97. The highest BCUT2D eigenvalue weighted by Gasteiger charge is 2.17. The molecule has 1 atom stereocenters. The van der Waals surface area contributed by atoms with E-state index in [-0.39, 0.29) is 0 Å². The summed E-state index contributed by atoms with van der Waals surface area (Å²) in [5, 5.41) is 14.8.